The number of likely N-dealkylation sites (N-methyl/N-ethyl adjacent to an activating group) is 1. The fourth-order valence-corrected chi connectivity index (χ4v) is 2.08. The first-order valence-electron chi connectivity index (χ1n) is 5.59. The topological polar surface area (TPSA) is 20.3 Å². The average Bonchev–Trinajstić information content (AvgIpc) is 2.60. The fraction of sp³-hybridized carbons (Fsp3) is 0.462. The molecule has 1 aromatic rings. The summed E-state index contributed by atoms with van der Waals surface area (Å²) < 4.78 is 0. The zero-order valence-corrected chi connectivity index (χ0v) is 9.42. The van der Waals surface area contributed by atoms with Gasteiger partial charge in [-0.3, -0.25) is 4.79 Å². The molecule has 0 bridgehead atoms. The van der Waals surface area contributed by atoms with Crippen molar-refractivity contribution in [3.63, 3.8) is 0 Å². The molecule has 0 aliphatic carbocycles. The maximum Gasteiger partial charge on any atom is 0.162 e. The number of hydrogen-bond acceptors (Lipinski definition) is 2. The molecule has 2 nitrogen and oxygen atoms in total. The molecule has 1 heterocycles. The van der Waals surface area contributed by atoms with E-state index in [1.54, 1.807) is 0 Å². The third-order valence-electron chi connectivity index (χ3n) is 3.01. The lowest BCUT2D eigenvalue weighted by Crippen LogP contribution is -2.12. The van der Waals surface area contributed by atoms with Gasteiger partial charge in [0.2, 0.25) is 0 Å². The molecule has 0 fully saturated rings. The van der Waals surface area contributed by atoms with E-state index >= 15 is 0 Å². The van der Waals surface area contributed by atoms with E-state index in [4.69, 9.17) is 0 Å². The second-order valence-electron chi connectivity index (χ2n) is 4.19. The molecule has 15 heavy (non-hydrogen) atoms. The number of benzene rings is 1. The first-order valence-corrected chi connectivity index (χ1v) is 5.59. The van der Waals surface area contributed by atoms with Crippen LogP contribution in [0.2, 0.25) is 0 Å². The number of fused-ring (bicyclic) bond motifs is 1. The van der Waals surface area contributed by atoms with E-state index in [0.29, 0.717) is 6.42 Å². The molecule has 0 saturated heterocycles. The molecule has 0 saturated carbocycles. The molecule has 1 aromatic carbocycles. The summed E-state index contributed by atoms with van der Waals surface area (Å²) in [5.74, 6) is 0.264. The van der Waals surface area contributed by atoms with Crippen LogP contribution in [-0.4, -0.2) is 19.4 Å². The van der Waals surface area contributed by atoms with E-state index < -0.39 is 0 Å². The minimum Gasteiger partial charge on any atom is -0.374 e. The van der Waals surface area contributed by atoms with Crippen molar-refractivity contribution in [2.24, 2.45) is 0 Å². The van der Waals surface area contributed by atoms with Gasteiger partial charge in [-0.15, -0.1) is 0 Å². The molecule has 0 spiro atoms. The van der Waals surface area contributed by atoms with E-state index in [0.717, 1.165) is 24.9 Å². The molecule has 1 aliphatic heterocycles. The lowest BCUT2D eigenvalue weighted by Gasteiger charge is -2.12. The summed E-state index contributed by atoms with van der Waals surface area (Å²) in [6.45, 7) is 3.11. The normalized spacial score (nSPS) is 14.1. The molecular formula is C13H17NO. The number of Topliss-reactive ketones (excluding diaryl/α,β-unsaturated/α-hetero) is 1. The Hall–Kier alpha value is -1.31. The number of anilines is 1. The van der Waals surface area contributed by atoms with Gasteiger partial charge in [-0.05, 0) is 24.5 Å². The summed E-state index contributed by atoms with van der Waals surface area (Å²) in [7, 11) is 2.08. The van der Waals surface area contributed by atoms with Gasteiger partial charge in [0.05, 0.1) is 0 Å². The predicted octanol–water partition coefficient (Wildman–Crippen LogP) is 2.66. The molecule has 0 radical (unpaired) electrons. The van der Waals surface area contributed by atoms with Crippen molar-refractivity contribution in [2.45, 2.75) is 26.2 Å². The molecule has 2 heteroatoms. The zero-order valence-electron chi connectivity index (χ0n) is 9.42. The van der Waals surface area contributed by atoms with Crippen LogP contribution in [0.3, 0.4) is 0 Å². The van der Waals surface area contributed by atoms with Crippen molar-refractivity contribution in [3.05, 3.63) is 29.3 Å². The van der Waals surface area contributed by atoms with Crippen LogP contribution >= 0.6 is 0 Å². The van der Waals surface area contributed by atoms with Crippen LogP contribution < -0.4 is 4.90 Å². The second-order valence-corrected chi connectivity index (χ2v) is 4.19. The maximum absolute atomic E-state index is 11.7. The van der Waals surface area contributed by atoms with Crippen molar-refractivity contribution < 1.29 is 4.79 Å². The van der Waals surface area contributed by atoms with E-state index in [9.17, 15) is 4.79 Å². The monoisotopic (exact) mass is 203 g/mol. The molecule has 0 aromatic heterocycles. The van der Waals surface area contributed by atoms with E-state index in [-0.39, 0.29) is 5.78 Å². The number of nitrogens with zero attached hydrogens (tertiary/aromatic N) is 1. The number of rotatable bonds is 3. The SMILES string of the molecule is CCCC(=O)c1ccc2c(c1)N(C)CC2. The number of hydrogen-bond donors (Lipinski definition) is 0. The van der Waals surface area contributed by atoms with Crippen molar-refractivity contribution in [1.82, 2.24) is 0 Å². The highest BCUT2D eigenvalue weighted by Crippen LogP contribution is 2.28. The van der Waals surface area contributed by atoms with E-state index in [2.05, 4.69) is 18.0 Å². The van der Waals surface area contributed by atoms with Gasteiger partial charge in [0, 0.05) is 31.3 Å². The van der Waals surface area contributed by atoms with Gasteiger partial charge in [0.25, 0.3) is 0 Å². The largest absolute Gasteiger partial charge is 0.374 e. The summed E-state index contributed by atoms with van der Waals surface area (Å²) in [4.78, 5) is 14.0. The first-order chi connectivity index (χ1) is 7.22. The van der Waals surface area contributed by atoms with Crippen molar-refractivity contribution in [2.75, 3.05) is 18.5 Å². The predicted molar refractivity (Wildman–Crippen MR) is 62.7 cm³/mol. The van der Waals surface area contributed by atoms with Crippen LogP contribution in [0.25, 0.3) is 0 Å². The number of carbonyl (C=O) groups is 1. The molecule has 0 unspecified atom stereocenters. The summed E-state index contributed by atoms with van der Waals surface area (Å²) in [6, 6.07) is 6.11. The Morgan fingerprint density at radius 1 is 1.47 bits per heavy atom. The Balaban J connectivity index is 2.29. The number of ketones is 1. The lowest BCUT2D eigenvalue weighted by molar-refractivity contribution is 0.0982. The molecule has 0 atom stereocenters. The minimum atomic E-state index is 0.264. The van der Waals surface area contributed by atoms with Crippen LogP contribution in [0.15, 0.2) is 18.2 Å². The van der Waals surface area contributed by atoms with E-state index in [1.807, 2.05) is 19.1 Å². The summed E-state index contributed by atoms with van der Waals surface area (Å²) in [5.41, 5.74) is 3.46. The standard InChI is InChI=1S/C13H17NO/c1-3-4-13(15)11-6-5-10-7-8-14(2)12(10)9-11/h5-6,9H,3-4,7-8H2,1-2H3. The Kier molecular flexibility index (Phi) is 2.76. The summed E-state index contributed by atoms with van der Waals surface area (Å²) >= 11 is 0. The van der Waals surface area contributed by atoms with Gasteiger partial charge in [-0.1, -0.05) is 19.1 Å². The average molecular weight is 203 g/mol. The molecule has 80 valence electrons. The minimum absolute atomic E-state index is 0.264. The lowest BCUT2D eigenvalue weighted by atomic mass is 10.0. The van der Waals surface area contributed by atoms with Gasteiger partial charge in [-0.2, -0.15) is 0 Å². The third kappa shape index (κ3) is 1.89. The van der Waals surface area contributed by atoms with Crippen LogP contribution in [0, 0.1) is 0 Å². The van der Waals surface area contributed by atoms with Gasteiger partial charge < -0.3 is 4.90 Å². The summed E-state index contributed by atoms with van der Waals surface area (Å²) in [5, 5.41) is 0. The maximum atomic E-state index is 11.7. The first kappa shape index (κ1) is 10.2. The fourth-order valence-electron chi connectivity index (χ4n) is 2.08. The Morgan fingerprint density at radius 2 is 2.27 bits per heavy atom. The molecule has 1 aliphatic rings. The van der Waals surface area contributed by atoms with Crippen molar-refractivity contribution in [3.8, 4) is 0 Å². The Labute approximate surface area is 90.9 Å². The van der Waals surface area contributed by atoms with Gasteiger partial charge in [0.15, 0.2) is 5.78 Å². The van der Waals surface area contributed by atoms with Crippen LogP contribution in [0.4, 0.5) is 5.69 Å². The van der Waals surface area contributed by atoms with Crippen molar-refractivity contribution in [1.29, 1.82) is 0 Å². The van der Waals surface area contributed by atoms with Crippen molar-refractivity contribution >= 4 is 11.5 Å². The molecule has 0 N–H and O–H groups in total. The van der Waals surface area contributed by atoms with Gasteiger partial charge >= 0.3 is 0 Å². The van der Waals surface area contributed by atoms with E-state index in [1.165, 1.54) is 11.3 Å². The second kappa shape index (κ2) is 4.05. The van der Waals surface area contributed by atoms with Gasteiger partial charge in [0.1, 0.15) is 0 Å². The molecule has 0 amide bonds. The molecule has 2 rings (SSSR count). The Bertz CT molecular complexity index is 384. The summed E-state index contributed by atoms with van der Waals surface area (Å²) in [6.07, 6.45) is 2.68. The van der Waals surface area contributed by atoms with Crippen LogP contribution in [0.1, 0.15) is 35.7 Å². The highest BCUT2D eigenvalue weighted by Gasteiger charge is 2.17. The van der Waals surface area contributed by atoms with Gasteiger partial charge in [-0.25, -0.2) is 0 Å². The highest BCUT2D eigenvalue weighted by atomic mass is 16.1. The third-order valence-corrected chi connectivity index (χ3v) is 3.01. The quantitative estimate of drug-likeness (QED) is 0.704. The highest BCUT2D eigenvalue weighted by molar-refractivity contribution is 5.97. The molecular weight excluding hydrogens is 186 g/mol. The smallest absolute Gasteiger partial charge is 0.162 e. The Morgan fingerprint density at radius 3 is 3.00 bits per heavy atom. The number of carbonyl (C=O) groups excluding carboxylic acids is 1. The van der Waals surface area contributed by atoms with Crippen LogP contribution in [-0.2, 0) is 6.42 Å². The van der Waals surface area contributed by atoms with Crippen LogP contribution in [0.5, 0.6) is 0 Å². The zero-order chi connectivity index (χ0) is 10.8.